The average molecular weight is 474 g/mol. The molecule has 0 amide bonds. The molecule has 5 N–H and O–H groups in total. The van der Waals surface area contributed by atoms with Gasteiger partial charge >= 0.3 is 0 Å². The topological polar surface area (TPSA) is 155 Å². The summed E-state index contributed by atoms with van der Waals surface area (Å²) in [6, 6.07) is -0.915. The van der Waals surface area contributed by atoms with Gasteiger partial charge in [-0.25, -0.2) is 8.78 Å². The Hall–Kier alpha value is -2.64. The second-order valence-electron chi connectivity index (χ2n) is 7.99. The lowest BCUT2D eigenvalue weighted by Crippen LogP contribution is -2.73. The Labute approximate surface area is 186 Å². The van der Waals surface area contributed by atoms with E-state index in [1.165, 1.54) is 19.9 Å². The maximum absolute atomic E-state index is 15.2. The molecule has 0 spiro atoms. The predicted molar refractivity (Wildman–Crippen MR) is 104 cm³/mol. The van der Waals surface area contributed by atoms with Crippen LogP contribution in [-0.2, 0) is 9.53 Å². The number of carbonyl (C=O) groups is 1. The van der Waals surface area contributed by atoms with Crippen LogP contribution in [0, 0.1) is 17.6 Å². The zero-order valence-corrected chi connectivity index (χ0v) is 17.6. The Kier molecular flexibility index (Phi) is 6.78. The van der Waals surface area contributed by atoms with Gasteiger partial charge in [0.15, 0.2) is 23.5 Å². The predicted octanol–water partition coefficient (Wildman–Crippen LogP) is -0.486. The standard InChI is InChI=1S/C21H24F3NO8/c1-7-4-8(2)31-17-10(7)5-11(22)18(13(17)23)33-21(20(29)30)19(24)14(25)9(3)16(32-21)15(28)12(27)6-26/h4-5,9,12,14-16,19,26-28H,2,6,25H2,1,3H3,(H,29,30)/p-1/t9?,12-,14?,15-,16?,19?,21?/m1/s1. The van der Waals surface area contributed by atoms with Crippen LogP contribution >= 0.6 is 0 Å². The van der Waals surface area contributed by atoms with Crippen LogP contribution in [0.1, 0.15) is 19.4 Å². The van der Waals surface area contributed by atoms with E-state index in [1.54, 1.807) is 0 Å². The van der Waals surface area contributed by atoms with E-state index in [4.69, 9.17) is 25.1 Å². The molecule has 0 radical (unpaired) electrons. The van der Waals surface area contributed by atoms with Crippen LogP contribution in [0.4, 0.5) is 13.2 Å². The van der Waals surface area contributed by atoms with Gasteiger partial charge in [0.2, 0.25) is 5.82 Å². The number of aliphatic carboxylic acids is 1. The number of aliphatic hydroxyl groups excluding tert-OH is 3. The molecule has 2 aliphatic rings. The van der Waals surface area contributed by atoms with E-state index < -0.39 is 77.9 Å². The Morgan fingerprint density at radius 3 is 2.64 bits per heavy atom. The van der Waals surface area contributed by atoms with Gasteiger partial charge in [0.05, 0.1) is 12.7 Å². The molecule has 1 aromatic carbocycles. The number of ether oxygens (including phenoxy) is 3. The summed E-state index contributed by atoms with van der Waals surface area (Å²) in [6.07, 6.45) is -6.82. The van der Waals surface area contributed by atoms with Gasteiger partial charge in [-0.2, -0.15) is 4.39 Å². The molecule has 0 aliphatic carbocycles. The molecule has 0 bridgehead atoms. The first-order chi connectivity index (χ1) is 15.3. The van der Waals surface area contributed by atoms with Crippen LogP contribution in [0.5, 0.6) is 11.5 Å². The summed E-state index contributed by atoms with van der Waals surface area (Å²) >= 11 is 0. The summed E-state index contributed by atoms with van der Waals surface area (Å²) in [7, 11) is 0. The molecule has 1 saturated heterocycles. The minimum atomic E-state index is -3.51. The second-order valence-corrected chi connectivity index (χ2v) is 7.99. The number of hydrogen-bond acceptors (Lipinski definition) is 9. The summed E-state index contributed by atoms with van der Waals surface area (Å²) in [5, 5.41) is 41.1. The molecule has 9 nitrogen and oxygen atoms in total. The zero-order chi connectivity index (χ0) is 24.8. The molecule has 2 heterocycles. The van der Waals surface area contributed by atoms with Crippen molar-refractivity contribution >= 4 is 11.5 Å². The van der Waals surface area contributed by atoms with Gasteiger partial charge in [-0.1, -0.05) is 13.5 Å². The maximum atomic E-state index is 15.2. The highest BCUT2D eigenvalue weighted by molar-refractivity contribution is 5.77. The Bertz CT molecular complexity index is 998. The van der Waals surface area contributed by atoms with Crippen molar-refractivity contribution in [3.63, 3.8) is 0 Å². The lowest BCUT2D eigenvalue weighted by Gasteiger charge is -2.50. The van der Waals surface area contributed by atoms with Gasteiger partial charge in [0.25, 0.3) is 5.79 Å². The number of alkyl halides is 1. The zero-order valence-electron chi connectivity index (χ0n) is 17.6. The van der Waals surface area contributed by atoms with Crippen molar-refractivity contribution in [1.82, 2.24) is 0 Å². The van der Waals surface area contributed by atoms with E-state index in [2.05, 4.69) is 6.58 Å². The number of nitrogens with two attached hydrogens (primary N) is 1. The van der Waals surface area contributed by atoms with Crippen LogP contribution in [0.25, 0.3) is 5.57 Å². The first-order valence-electron chi connectivity index (χ1n) is 9.88. The lowest BCUT2D eigenvalue weighted by molar-refractivity contribution is -0.376. The van der Waals surface area contributed by atoms with Crippen LogP contribution in [0.2, 0.25) is 0 Å². The quantitative estimate of drug-likeness (QED) is 0.428. The third kappa shape index (κ3) is 4.08. The molecule has 5 unspecified atom stereocenters. The lowest BCUT2D eigenvalue weighted by atomic mass is 9.82. The van der Waals surface area contributed by atoms with Gasteiger partial charge in [-0.15, -0.1) is 0 Å². The number of allylic oxidation sites excluding steroid dienone is 2. The molecular formula is C21H23F3NO8-. The van der Waals surface area contributed by atoms with Gasteiger partial charge < -0.3 is 45.2 Å². The van der Waals surface area contributed by atoms with E-state index >= 15 is 8.78 Å². The fourth-order valence-electron chi connectivity index (χ4n) is 3.81. The maximum Gasteiger partial charge on any atom is 0.285 e. The van der Waals surface area contributed by atoms with Gasteiger partial charge in [-0.05, 0) is 24.6 Å². The molecule has 7 atom stereocenters. The molecule has 2 aliphatic heterocycles. The largest absolute Gasteiger partial charge is 0.543 e. The van der Waals surface area contributed by atoms with Crippen molar-refractivity contribution in [3.8, 4) is 11.5 Å². The summed E-state index contributed by atoms with van der Waals surface area (Å²) in [5.74, 6) is -11.8. The van der Waals surface area contributed by atoms with Gasteiger partial charge in [-0.3, -0.25) is 0 Å². The van der Waals surface area contributed by atoms with Crippen molar-refractivity contribution in [2.24, 2.45) is 11.7 Å². The van der Waals surface area contributed by atoms with Crippen molar-refractivity contribution in [2.45, 2.75) is 50.2 Å². The summed E-state index contributed by atoms with van der Waals surface area (Å²) in [5.41, 5.74) is 6.14. The third-order valence-electron chi connectivity index (χ3n) is 5.76. The number of carbonyl (C=O) groups excluding carboxylic acids is 1. The average Bonchev–Trinajstić information content (AvgIpc) is 2.76. The molecule has 1 fully saturated rings. The van der Waals surface area contributed by atoms with E-state index in [0.717, 1.165) is 6.07 Å². The first kappa shape index (κ1) is 25.0. The Morgan fingerprint density at radius 2 is 2.06 bits per heavy atom. The number of carboxylic acid groups (broad SMARTS) is 1. The number of halogens is 3. The molecular weight excluding hydrogens is 451 g/mol. The number of carboxylic acids is 1. The van der Waals surface area contributed by atoms with E-state index in [1.807, 2.05) is 0 Å². The minimum Gasteiger partial charge on any atom is -0.543 e. The first-order valence-corrected chi connectivity index (χ1v) is 9.88. The Morgan fingerprint density at radius 1 is 1.42 bits per heavy atom. The fourth-order valence-corrected chi connectivity index (χ4v) is 3.81. The number of hydrogen-bond donors (Lipinski definition) is 4. The molecule has 1 aromatic rings. The minimum absolute atomic E-state index is 0.000353. The molecule has 33 heavy (non-hydrogen) atoms. The van der Waals surface area contributed by atoms with Crippen molar-refractivity contribution in [3.05, 3.63) is 41.7 Å². The summed E-state index contributed by atoms with van der Waals surface area (Å²) in [4.78, 5) is 12.0. The van der Waals surface area contributed by atoms with Crippen LogP contribution < -0.4 is 20.3 Å². The molecule has 182 valence electrons. The molecule has 3 rings (SSSR count). The highest BCUT2D eigenvalue weighted by Gasteiger charge is 2.59. The van der Waals surface area contributed by atoms with E-state index in [0.29, 0.717) is 5.57 Å². The van der Waals surface area contributed by atoms with Gasteiger partial charge in [0.1, 0.15) is 23.9 Å². The molecule has 12 heteroatoms. The highest BCUT2D eigenvalue weighted by Crippen LogP contribution is 2.44. The second kappa shape index (κ2) is 8.95. The van der Waals surface area contributed by atoms with E-state index in [-0.39, 0.29) is 11.3 Å². The van der Waals surface area contributed by atoms with Crippen LogP contribution in [-0.4, -0.2) is 64.2 Å². The number of aliphatic hydroxyl groups is 3. The normalized spacial score (nSPS) is 31.2. The summed E-state index contributed by atoms with van der Waals surface area (Å²) in [6.45, 7) is 5.37. The molecule has 0 saturated carbocycles. The van der Waals surface area contributed by atoms with E-state index in [9.17, 15) is 24.5 Å². The highest BCUT2D eigenvalue weighted by atomic mass is 19.1. The third-order valence-corrected chi connectivity index (χ3v) is 5.76. The number of benzene rings is 1. The number of rotatable bonds is 6. The van der Waals surface area contributed by atoms with Gasteiger partial charge in [0, 0.05) is 17.5 Å². The van der Waals surface area contributed by atoms with Crippen LogP contribution in [0.3, 0.4) is 0 Å². The van der Waals surface area contributed by atoms with Crippen molar-refractivity contribution in [2.75, 3.05) is 6.61 Å². The van der Waals surface area contributed by atoms with Crippen molar-refractivity contribution in [1.29, 1.82) is 0 Å². The SMILES string of the molecule is C=C1C=C(C)c2cc(F)c(OC3(C(=O)[O-])OC([C@H](O)[C@H](O)CO)C(C)C(N)C3F)c(F)c2O1. The van der Waals surface area contributed by atoms with Crippen LogP contribution in [0.15, 0.2) is 24.5 Å². The molecule has 0 aromatic heterocycles. The summed E-state index contributed by atoms with van der Waals surface area (Å²) < 4.78 is 60.5. The fraction of sp³-hybridized carbons (Fsp3) is 0.476. The monoisotopic (exact) mass is 474 g/mol. The number of fused-ring (bicyclic) bond motifs is 1. The van der Waals surface area contributed by atoms with Crippen molar-refractivity contribution < 1.29 is 52.6 Å². The Balaban J connectivity index is 2.11. The smallest absolute Gasteiger partial charge is 0.285 e.